The molecule has 1 aromatic carbocycles. The first-order valence-corrected chi connectivity index (χ1v) is 5.32. The molecule has 1 aliphatic rings. The molecule has 0 aliphatic heterocycles. The lowest BCUT2D eigenvalue weighted by molar-refractivity contribution is 0.653. The van der Waals surface area contributed by atoms with Crippen LogP contribution in [-0.4, -0.2) is 6.04 Å². The van der Waals surface area contributed by atoms with E-state index < -0.39 is 0 Å². The van der Waals surface area contributed by atoms with Gasteiger partial charge in [0.05, 0.1) is 10.7 Å². The molecule has 0 heterocycles. The van der Waals surface area contributed by atoms with Crippen molar-refractivity contribution in [2.45, 2.75) is 25.9 Å². The molecule has 2 nitrogen and oxygen atoms in total. The van der Waals surface area contributed by atoms with E-state index in [2.05, 4.69) is 12.2 Å². The topological polar surface area (TPSA) is 38.0 Å². The summed E-state index contributed by atoms with van der Waals surface area (Å²) in [4.78, 5) is 0. The van der Waals surface area contributed by atoms with Crippen molar-refractivity contribution in [1.82, 2.24) is 5.32 Å². The van der Waals surface area contributed by atoms with Gasteiger partial charge in [-0.15, -0.1) is 0 Å². The molecular formula is C11H15ClN2. The molecule has 14 heavy (non-hydrogen) atoms. The minimum atomic E-state index is 0.633. The van der Waals surface area contributed by atoms with E-state index >= 15 is 0 Å². The first kappa shape index (κ1) is 9.81. The number of nitrogen functional groups attached to an aromatic ring is 1. The van der Waals surface area contributed by atoms with Gasteiger partial charge in [-0.3, -0.25) is 0 Å². The molecule has 0 saturated heterocycles. The van der Waals surface area contributed by atoms with Gasteiger partial charge in [-0.1, -0.05) is 24.6 Å². The van der Waals surface area contributed by atoms with Crippen LogP contribution in [0.1, 0.15) is 18.9 Å². The number of nitrogens with one attached hydrogen (secondary N) is 1. The summed E-state index contributed by atoms with van der Waals surface area (Å²) in [6, 6.07) is 6.50. The molecule has 2 unspecified atom stereocenters. The Morgan fingerprint density at radius 2 is 2.29 bits per heavy atom. The second kappa shape index (κ2) is 3.79. The third-order valence-electron chi connectivity index (χ3n) is 2.74. The summed E-state index contributed by atoms with van der Waals surface area (Å²) in [5.41, 5.74) is 7.57. The molecule has 0 amide bonds. The molecular weight excluding hydrogens is 196 g/mol. The van der Waals surface area contributed by atoms with Crippen molar-refractivity contribution < 1.29 is 0 Å². The maximum Gasteiger partial charge on any atom is 0.0635 e. The van der Waals surface area contributed by atoms with E-state index in [0.717, 1.165) is 12.5 Å². The summed E-state index contributed by atoms with van der Waals surface area (Å²) in [5.74, 6) is 0.833. The Labute approximate surface area is 89.4 Å². The minimum absolute atomic E-state index is 0.633. The molecule has 0 radical (unpaired) electrons. The molecule has 3 heteroatoms. The van der Waals surface area contributed by atoms with Crippen molar-refractivity contribution in [3.63, 3.8) is 0 Å². The molecule has 3 N–H and O–H groups in total. The number of hydrogen-bond donors (Lipinski definition) is 2. The quantitative estimate of drug-likeness (QED) is 0.753. The van der Waals surface area contributed by atoms with Crippen LogP contribution in [0.4, 0.5) is 5.69 Å². The molecule has 76 valence electrons. The van der Waals surface area contributed by atoms with Gasteiger partial charge in [-0.25, -0.2) is 0 Å². The highest BCUT2D eigenvalue weighted by Gasteiger charge is 2.31. The largest absolute Gasteiger partial charge is 0.398 e. The predicted octanol–water partition coefficient (Wildman–Crippen LogP) is 2.42. The molecule has 2 rings (SSSR count). The summed E-state index contributed by atoms with van der Waals surface area (Å²) in [6.45, 7) is 3.14. The van der Waals surface area contributed by atoms with Crippen LogP contribution in [0.25, 0.3) is 0 Å². The van der Waals surface area contributed by atoms with E-state index in [9.17, 15) is 0 Å². The highest BCUT2D eigenvalue weighted by atomic mass is 35.5. The summed E-state index contributed by atoms with van der Waals surface area (Å²) in [7, 11) is 0. The van der Waals surface area contributed by atoms with E-state index in [1.54, 1.807) is 0 Å². The van der Waals surface area contributed by atoms with E-state index in [1.165, 1.54) is 12.0 Å². The number of halogens is 1. The number of nitrogens with two attached hydrogens (primary N) is 1. The van der Waals surface area contributed by atoms with E-state index in [4.69, 9.17) is 17.3 Å². The zero-order chi connectivity index (χ0) is 10.1. The monoisotopic (exact) mass is 210 g/mol. The Kier molecular flexibility index (Phi) is 2.66. The van der Waals surface area contributed by atoms with Crippen molar-refractivity contribution in [2.24, 2.45) is 5.92 Å². The SMILES string of the molecule is CC1CC1NCc1ccc(Cl)c(N)c1. The van der Waals surface area contributed by atoms with E-state index in [-0.39, 0.29) is 0 Å². The molecule has 1 aliphatic carbocycles. The van der Waals surface area contributed by atoms with Gasteiger partial charge in [-0.2, -0.15) is 0 Å². The van der Waals surface area contributed by atoms with Crippen LogP contribution in [-0.2, 0) is 6.54 Å². The van der Waals surface area contributed by atoms with Crippen LogP contribution in [0, 0.1) is 5.92 Å². The van der Waals surface area contributed by atoms with Crippen LogP contribution in [0.5, 0.6) is 0 Å². The second-order valence-corrected chi connectivity index (χ2v) is 4.46. The van der Waals surface area contributed by atoms with Gasteiger partial charge in [0.15, 0.2) is 0 Å². The van der Waals surface area contributed by atoms with E-state index in [0.29, 0.717) is 16.8 Å². The van der Waals surface area contributed by atoms with Crippen LogP contribution in [0.3, 0.4) is 0 Å². The third kappa shape index (κ3) is 2.20. The smallest absolute Gasteiger partial charge is 0.0635 e. The third-order valence-corrected chi connectivity index (χ3v) is 3.08. The van der Waals surface area contributed by atoms with Crippen molar-refractivity contribution >= 4 is 17.3 Å². The Balaban J connectivity index is 1.92. The summed E-state index contributed by atoms with van der Waals surface area (Å²) in [6.07, 6.45) is 1.29. The lowest BCUT2D eigenvalue weighted by atomic mass is 10.2. The Morgan fingerprint density at radius 1 is 1.57 bits per heavy atom. The molecule has 2 atom stereocenters. The van der Waals surface area contributed by atoms with Crippen molar-refractivity contribution in [1.29, 1.82) is 0 Å². The zero-order valence-corrected chi connectivity index (χ0v) is 9.01. The highest BCUT2D eigenvalue weighted by molar-refractivity contribution is 6.33. The molecule has 0 aromatic heterocycles. The molecule has 1 aromatic rings. The summed E-state index contributed by atoms with van der Waals surface area (Å²) in [5, 5.41) is 4.10. The zero-order valence-electron chi connectivity index (χ0n) is 8.26. The minimum Gasteiger partial charge on any atom is -0.398 e. The van der Waals surface area contributed by atoms with Crippen LogP contribution in [0.15, 0.2) is 18.2 Å². The van der Waals surface area contributed by atoms with Crippen molar-refractivity contribution in [3.8, 4) is 0 Å². The average molecular weight is 211 g/mol. The lowest BCUT2D eigenvalue weighted by Crippen LogP contribution is -2.17. The van der Waals surface area contributed by atoms with Gasteiger partial charge in [-0.05, 0) is 30.0 Å². The Hall–Kier alpha value is -0.730. The fourth-order valence-electron chi connectivity index (χ4n) is 1.56. The van der Waals surface area contributed by atoms with Gasteiger partial charge in [0.25, 0.3) is 0 Å². The summed E-state index contributed by atoms with van der Waals surface area (Å²) >= 11 is 5.83. The predicted molar refractivity (Wildman–Crippen MR) is 60.3 cm³/mol. The Bertz CT molecular complexity index is 338. The number of benzene rings is 1. The normalized spacial score (nSPS) is 25.0. The molecule has 1 saturated carbocycles. The molecule has 0 spiro atoms. The van der Waals surface area contributed by atoms with Crippen LogP contribution < -0.4 is 11.1 Å². The number of rotatable bonds is 3. The fraction of sp³-hybridized carbons (Fsp3) is 0.455. The van der Waals surface area contributed by atoms with Crippen molar-refractivity contribution in [2.75, 3.05) is 5.73 Å². The lowest BCUT2D eigenvalue weighted by Gasteiger charge is -2.05. The standard InChI is InChI=1S/C11H15ClN2/c1-7-4-11(7)14-6-8-2-3-9(12)10(13)5-8/h2-3,5,7,11,14H,4,6,13H2,1H3. The van der Waals surface area contributed by atoms with Gasteiger partial charge in [0.2, 0.25) is 0 Å². The molecule has 0 bridgehead atoms. The van der Waals surface area contributed by atoms with Crippen LogP contribution in [0.2, 0.25) is 5.02 Å². The number of anilines is 1. The second-order valence-electron chi connectivity index (χ2n) is 4.06. The first-order valence-electron chi connectivity index (χ1n) is 4.94. The van der Waals surface area contributed by atoms with Gasteiger partial charge in [0, 0.05) is 12.6 Å². The van der Waals surface area contributed by atoms with Gasteiger partial charge < -0.3 is 11.1 Å². The highest BCUT2D eigenvalue weighted by Crippen LogP contribution is 2.29. The van der Waals surface area contributed by atoms with Gasteiger partial charge in [0.1, 0.15) is 0 Å². The van der Waals surface area contributed by atoms with E-state index in [1.807, 2.05) is 18.2 Å². The first-order chi connectivity index (χ1) is 6.66. The Morgan fingerprint density at radius 3 is 2.86 bits per heavy atom. The summed E-state index contributed by atoms with van der Waals surface area (Å²) < 4.78 is 0. The van der Waals surface area contributed by atoms with Crippen molar-refractivity contribution in [3.05, 3.63) is 28.8 Å². The number of hydrogen-bond acceptors (Lipinski definition) is 2. The maximum absolute atomic E-state index is 5.83. The average Bonchev–Trinajstić information content (AvgIpc) is 2.85. The fourth-order valence-corrected chi connectivity index (χ4v) is 1.68. The van der Waals surface area contributed by atoms with Gasteiger partial charge >= 0.3 is 0 Å². The van der Waals surface area contributed by atoms with Crippen LogP contribution >= 0.6 is 11.6 Å². The molecule has 1 fully saturated rings. The maximum atomic E-state index is 5.83.